The highest BCUT2D eigenvalue weighted by Gasteiger charge is 2.11. The molecule has 0 saturated heterocycles. The number of halogens is 1. The number of aromatic nitrogens is 2. The fourth-order valence-electron chi connectivity index (χ4n) is 1.53. The van der Waals surface area contributed by atoms with E-state index in [1.54, 1.807) is 20.4 Å². The maximum atomic E-state index is 6.04. The highest BCUT2D eigenvalue weighted by molar-refractivity contribution is 6.32. The van der Waals surface area contributed by atoms with Crippen molar-refractivity contribution in [3.05, 3.63) is 11.2 Å². The Labute approximate surface area is 107 Å². The maximum absolute atomic E-state index is 6.04. The highest BCUT2D eigenvalue weighted by Crippen LogP contribution is 2.20. The van der Waals surface area contributed by atoms with Crippen LogP contribution in [-0.2, 0) is 4.74 Å². The van der Waals surface area contributed by atoms with Gasteiger partial charge in [-0.1, -0.05) is 24.9 Å². The number of hydrogen-bond acceptors (Lipinski definition) is 5. The van der Waals surface area contributed by atoms with Gasteiger partial charge in [0, 0.05) is 14.2 Å². The Hall–Kier alpha value is -1.07. The molecular weight excluding hydrogens is 240 g/mol. The van der Waals surface area contributed by atoms with Crippen LogP contribution in [0.4, 0.5) is 11.8 Å². The van der Waals surface area contributed by atoms with E-state index in [1.165, 1.54) is 0 Å². The van der Waals surface area contributed by atoms with Crippen LogP contribution >= 0.6 is 11.6 Å². The molecule has 0 aliphatic rings. The van der Waals surface area contributed by atoms with Crippen molar-refractivity contribution in [1.82, 2.24) is 9.97 Å². The Bertz CT molecular complexity index is 342. The number of nitrogens with zero attached hydrogens (tertiary/aromatic N) is 2. The van der Waals surface area contributed by atoms with Crippen molar-refractivity contribution >= 4 is 23.4 Å². The van der Waals surface area contributed by atoms with Crippen molar-refractivity contribution in [2.45, 2.75) is 25.8 Å². The summed E-state index contributed by atoms with van der Waals surface area (Å²) in [5, 5.41) is 6.67. The van der Waals surface area contributed by atoms with E-state index in [4.69, 9.17) is 16.3 Å². The molecule has 0 bridgehead atoms. The van der Waals surface area contributed by atoms with Crippen LogP contribution in [0.5, 0.6) is 0 Å². The molecule has 0 aliphatic carbocycles. The Kier molecular flexibility index (Phi) is 6.00. The van der Waals surface area contributed by atoms with E-state index >= 15 is 0 Å². The van der Waals surface area contributed by atoms with Crippen molar-refractivity contribution in [2.75, 3.05) is 31.4 Å². The van der Waals surface area contributed by atoms with Gasteiger partial charge in [-0.25, -0.2) is 4.98 Å². The SMILES string of the molecule is CCCC(COC)Nc1nc(NC)ncc1Cl. The Morgan fingerprint density at radius 3 is 2.88 bits per heavy atom. The van der Waals surface area contributed by atoms with Crippen molar-refractivity contribution in [3.8, 4) is 0 Å². The second-order valence-electron chi connectivity index (χ2n) is 3.73. The van der Waals surface area contributed by atoms with Crippen LogP contribution in [0.15, 0.2) is 6.20 Å². The minimum atomic E-state index is 0.210. The minimum Gasteiger partial charge on any atom is -0.383 e. The zero-order valence-electron chi connectivity index (χ0n) is 10.5. The van der Waals surface area contributed by atoms with Gasteiger partial charge in [-0.2, -0.15) is 4.98 Å². The molecule has 6 heteroatoms. The molecule has 96 valence electrons. The van der Waals surface area contributed by atoms with Crippen molar-refractivity contribution in [1.29, 1.82) is 0 Å². The van der Waals surface area contributed by atoms with Crippen LogP contribution in [-0.4, -0.2) is 36.8 Å². The number of anilines is 2. The number of nitrogens with one attached hydrogen (secondary N) is 2. The molecule has 1 atom stereocenters. The maximum Gasteiger partial charge on any atom is 0.224 e. The average Bonchev–Trinajstić information content (AvgIpc) is 2.32. The summed E-state index contributed by atoms with van der Waals surface area (Å²) < 4.78 is 5.16. The van der Waals surface area contributed by atoms with Crippen LogP contribution in [0.2, 0.25) is 5.02 Å². The fraction of sp³-hybridized carbons (Fsp3) is 0.636. The first-order chi connectivity index (χ1) is 8.21. The smallest absolute Gasteiger partial charge is 0.224 e. The van der Waals surface area contributed by atoms with Crippen LogP contribution in [0.25, 0.3) is 0 Å². The molecule has 1 heterocycles. The molecule has 1 aromatic rings. The molecule has 0 saturated carbocycles. The molecular formula is C11H19ClN4O. The second kappa shape index (κ2) is 7.29. The Balaban J connectivity index is 2.76. The van der Waals surface area contributed by atoms with E-state index < -0.39 is 0 Å². The van der Waals surface area contributed by atoms with Gasteiger partial charge in [0.05, 0.1) is 18.8 Å². The molecule has 0 fully saturated rings. The third-order valence-corrected chi connectivity index (χ3v) is 2.59. The predicted octanol–water partition coefficient (Wildman–Crippen LogP) is 2.40. The normalized spacial score (nSPS) is 12.2. The number of methoxy groups -OCH3 is 1. The summed E-state index contributed by atoms with van der Waals surface area (Å²) in [4.78, 5) is 8.31. The first kappa shape index (κ1) is 14.0. The monoisotopic (exact) mass is 258 g/mol. The van der Waals surface area contributed by atoms with Gasteiger partial charge in [-0.15, -0.1) is 0 Å². The molecule has 1 unspecified atom stereocenters. The van der Waals surface area contributed by atoms with E-state index in [0.29, 0.717) is 23.4 Å². The summed E-state index contributed by atoms with van der Waals surface area (Å²) in [6.45, 7) is 2.76. The summed E-state index contributed by atoms with van der Waals surface area (Å²) in [7, 11) is 3.46. The lowest BCUT2D eigenvalue weighted by Crippen LogP contribution is -2.25. The lowest BCUT2D eigenvalue weighted by atomic mass is 10.2. The molecule has 0 aromatic carbocycles. The van der Waals surface area contributed by atoms with E-state index in [-0.39, 0.29) is 6.04 Å². The molecule has 17 heavy (non-hydrogen) atoms. The molecule has 0 spiro atoms. The molecule has 0 amide bonds. The van der Waals surface area contributed by atoms with Gasteiger partial charge < -0.3 is 15.4 Å². The molecule has 0 radical (unpaired) electrons. The van der Waals surface area contributed by atoms with E-state index in [2.05, 4.69) is 27.5 Å². The number of ether oxygens (including phenoxy) is 1. The van der Waals surface area contributed by atoms with Gasteiger partial charge >= 0.3 is 0 Å². The van der Waals surface area contributed by atoms with Gasteiger partial charge in [0.25, 0.3) is 0 Å². The van der Waals surface area contributed by atoms with Gasteiger partial charge in [-0.3, -0.25) is 0 Å². The fourth-order valence-corrected chi connectivity index (χ4v) is 1.67. The first-order valence-corrected chi connectivity index (χ1v) is 6.04. The van der Waals surface area contributed by atoms with Crippen LogP contribution in [0.3, 0.4) is 0 Å². The summed E-state index contributed by atoms with van der Waals surface area (Å²) in [6, 6.07) is 0.210. The largest absolute Gasteiger partial charge is 0.383 e. The van der Waals surface area contributed by atoms with Crippen LogP contribution < -0.4 is 10.6 Å². The number of hydrogen-bond donors (Lipinski definition) is 2. The van der Waals surface area contributed by atoms with Crippen LogP contribution in [0, 0.1) is 0 Å². The molecule has 1 aromatic heterocycles. The molecule has 0 aliphatic heterocycles. The third-order valence-electron chi connectivity index (χ3n) is 2.31. The second-order valence-corrected chi connectivity index (χ2v) is 4.13. The highest BCUT2D eigenvalue weighted by atomic mass is 35.5. The summed E-state index contributed by atoms with van der Waals surface area (Å²) >= 11 is 6.04. The standard InChI is InChI=1S/C11H19ClN4O/c1-4-5-8(7-17-3)15-10-9(12)6-14-11(13-2)16-10/h6,8H,4-5,7H2,1-3H3,(H2,13,14,15,16). The van der Waals surface area contributed by atoms with Gasteiger partial charge in [0.2, 0.25) is 5.95 Å². The number of rotatable bonds is 7. The Morgan fingerprint density at radius 2 is 2.29 bits per heavy atom. The summed E-state index contributed by atoms with van der Waals surface area (Å²) in [5.41, 5.74) is 0. The Morgan fingerprint density at radius 1 is 1.53 bits per heavy atom. The molecule has 2 N–H and O–H groups in total. The lowest BCUT2D eigenvalue weighted by Gasteiger charge is -2.18. The van der Waals surface area contributed by atoms with E-state index in [0.717, 1.165) is 12.8 Å². The molecule has 5 nitrogen and oxygen atoms in total. The van der Waals surface area contributed by atoms with E-state index in [1.807, 2.05) is 0 Å². The topological polar surface area (TPSA) is 59.1 Å². The summed E-state index contributed by atoms with van der Waals surface area (Å²) in [6.07, 6.45) is 3.66. The van der Waals surface area contributed by atoms with Crippen molar-refractivity contribution in [3.63, 3.8) is 0 Å². The first-order valence-electron chi connectivity index (χ1n) is 5.67. The van der Waals surface area contributed by atoms with Crippen molar-refractivity contribution < 1.29 is 4.74 Å². The van der Waals surface area contributed by atoms with Crippen LogP contribution in [0.1, 0.15) is 19.8 Å². The van der Waals surface area contributed by atoms with Gasteiger partial charge in [0.1, 0.15) is 5.02 Å². The van der Waals surface area contributed by atoms with Gasteiger partial charge in [0.15, 0.2) is 5.82 Å². The average molecular weight is 259 g/mol. The minimum absolute atomic E-state index is 0.210. The molecule has 1 rings (SSSR count). The lowest BCUT2D eigenvalue weighted by molar-refractivity contribution is 0.182. The van der Waals surface area contributed by atoms with Crippen molar-refractivity contribution in [2.24, 2.45) is 0 Å². The zero-order chi connectivity index (χ0) is 12.7. The quantitative estimate of drug-likeness (QED) is 0.787. The zero-order valence-corrected chi connectivity index (χ0v) is 11.2. The third kappa shape index (κ3) is 4.36. The van der Waals surface area contributed by atoms with Gasteiger partial charge in [-0.05, 0) is 6.42 Å². The summed E-state index contributed by atoms with van der Waals surface area (Å²) in [5.74, 6) is 1.19. The van der Waals surface area contributed by atoms with E-state index in [9.17, 15) is 0 Å². The predicted molar refractivity (Wildman–Crippen MR) is 70.8 cm³/mol.